The number of halogens is 1. The summed E-state index contributed by atoms with van der Waals surface area (Å²) in [7, 11) is 0. The van der Waals surface area contributed by atoms with Gasteiger partial charge in [-0.05, 0) is 13.8 Å². The van der Waals surface area contributed by atoms with E-state index in [0.717, 1.165) is 0 Å². The van der Waals surface area contributed by atoms with Gasteiger partial charge in [-0.15, -0.1) is 11.6 Å². The molecule has 0 saturated heterocycles. The summed E-state index contributed by atoms with van der Waals surface area (Å²) in [6.07, 6.45) is 0. The summed E-state index contributed by atoms with van der Waals surface area (Å²) in [5.74, 6) is 0. The molecule has 0 aliphatic carbocycles. The molecule has 0 saturated carbocycles. The quantitative estimate of drug-likeness (QED) is 0.430. The zero-order chi connectivity index (χ0) is 5.58. The zero-order valence-corrected chi connectivity index (χ0v) is 4.83. The van der Waals surface area contributed by atoms with E-state index in [9.17, 15) is 0 Å². The number of hydrogen-bond donors (Lipinski definition) is 0. The smallest absolute Gasteiger partial charge is 0.106 e. The first-order valence-corrected chi connectivity index (χ1v) is 2.10. The Morgan fingerprint density at radius 1 is 1.50 bits per heavy atom. The fourth-order valence-corrected chi connectivity index (χ4v) is 0. The molecule has 0 radical (unpaired) electrons. The molecule has 0 aromatic carbocycles. The molecule has 0 heterocycles. The number of carbonyl (C=O) groups excluding carboxylic acids is 1. The lowest BCUT2D eigenvalue weighted by Crippen LogP contribution is -1.70. The van der Waals surface area contributed by atoms with Crippen molar-refractivity contribution in [2.45, 2.75) is 19.2 Å². The third kappa shape index (κ3) is 21700. The molecule has 0 spiro atoms. The molecule has 38 valence electrons. The van der Waals surface area contributed by atoms with Crippen molar-refractivity contribution in [3.8, 4) is 0 Å². The highest BCUT2D eigenvalue weighted by Crippen LogP contribution is 1.84. The number of hydrogen-bond acceptors (Lipinski definition) is 1. The maximum atomic E-state index is 8.00. The normalized spacial score (nSPS) is 6.67. The summed E-state index contributed by atoms with van der Waals surface area (Å²) in [5, 5.41) is 0.306. The van der Waals surface area contributed by atoms with E-state index in [-0.39, 0.29) is 0 Å². The SMILES string of the molecule is C=O.CC(C)Cl. The Hall–Kier alpha value is -0.0400. The highest BCUT2D eigenvalue weighted by Gasteiger charge is 1.71. The summed E-state index contributed by atoms with van der Waals surface area (Å²) in [6, 6.07) is 0. The predicted octanol–water partition coefficient (Wildman–Crippen LogP) is 1.45. The van der Waals surface area contributed by atoms with E-state index in [0.29, 0.717) is 5.38 Å². The molecule has 1 nitrogen and oxygen atoms in total. The van der Waals surface area contributed by atoms with E-state index in [1.165, 1.54) is 0 Å². The molecule has 6 heavy (non-hydrogen) atoms. The molecule has 0 aromatic heterocycles. The Kier molecular flexibility index (Phi) is 13.8. The first kappa shape index (κ1) is 9.35. The monoisotopic (exact) mass is 108 g/mol. The Labute approximate surface area is 43.3 Å². The minimum Gasteiger partial charge on any atom is -0.307 e. The largest absolute Gasteiger partial charge is 0.307 e. The van der Waals surface area contributed by atoms with Crippen molar-refractivity contribution in [1.82, 2.24) is 0 Å². The van der Waals surface area contributed by atoms with Gasteiger partial charge in [0, 0.05) is 5.38 Å². The van der Waals surface area contributed by atoms with Gasteiger partial charge in [0.25, 0.3) is 0 Å². The third-order valence-electron chi connectivity index (χ3n) is 0. The predicted molar refractivity (Wildman–Crippen MR) is 28.1 cm³/mol. The summed E-state index contributed by atoms with van der Waals surface area (Å²) in [5.41, 5.74) is 0. The van der Waals surface area contributed by atoms with Crippen LogP contribution >= 0.6 is 11.6 Å². The molecule has 0 bridgehead atoms. The summed E-state index contributed by atoms with van der Waals surface area (Å²) in [4.78, 5) is 8.00. The summed E-state index contributed by atoms with van der Waals surface area (Å²) < 4.78 is 0. The molecule has 2 heteroatoms. The van der Waals surface area contributed by atoms with Crippen LogP contribution in [-0.4, -0.2) is 12.2 Å². The van der Waals surface area contributed by atoms with Gasteiger partial charge in [0.15, 0.2) is 0 Å². The lowest BCUT2D eigenvalue weighted by atomic mass is 10.6. The molecular weight excluding hydrogens is 99.5 g/mol. The van der Waals surface area contributed by atoms with E-state index >= 15 is 0 Å². The minimum absolute atomic E-state index is 0.306. The molecule has 0 unspecified atom stereocenters. The van der Waals surface area contributed by atoms with Gasteiger partial charge in [0.2, 0.25) is 0 Å². The van der Waals surface area contributed by atoms with Crippen molar-refractivity contribution in [2.75, 3.05) is 0 Å². The van der Waals surface area contributed by atoms with Crippen molar-refractivity contribution < 1.29 is 4.79 Å². The Balaban J connectivity index is 0. The maximum absolute atomic E-state index is 8.00. The Bertz CT molecular complexity index is 18.8. The van der Waals surface area contributed by atoms with Crippen molar-refractivity contribution in [3.05, 3.63) is 0 Å². The first-order valence-electron chi connectivity index (χ1n) is 1.66. The van der Waals surface area contributed by atoms with Gasteiger partial charge in [0.05, 0.1) is 0 Å². The highest BCUT2D eigenvalue weighted by molar-refractivity contribution is 6.20. The van der Waals surface area contributed by atoms with E-state index in [1.54, 1.807) is 0 Å². The number of carbonyl (C=O) groups is 1. The van der Waals surface area contributed by atoms with Crippen LogP contribution < -0.4 is 0 Å². The van der Waals surface area contributed by atoms with E-state index in [2.05, 4.69) is 0 Å². The first-order chi connectivity index (χ1) is 2.73. The van der Waals surface area contributed by atoms with Crippen molar-refractivity contribution in [2.24, 2.45) is 0 Å². The average molecular weight is 109 g/mol. The summed E-state index contributed by atoms with van der Waals surface area (Å²) >= 11 is 5.27. The van der Waals surface area contributed by atoms with Crippen LogP contribution in [0.4, 0.5) is 0 Å². The van der Waals surface area contributed by atoms with Crippen molar-refractivity contribution in [3.63, 3.8) is 0 Å². The molecule has 0 aliphatic rings. The van der Waals surface area contributed by atoms with E-state index < -0.39 is 0 Å². The lowest BCUT2D eigenvalue weighted by Gasteiger charge is -1.76. The fraction of sp³-hybridized carbons (Fsp3) is 0.750. The Morgan fingerprint density at radius 2 is 1.50 bits per heavy atom. The van der Waals surface area contributed by atoms with Crippen LogP contribution in [0.3, 0.4) is 0 Å². The molecule has 0 rings (SSSR count). The number of rotatable bonds is 0. The van der Waals surface area contributed by atoms with Crippen LogP contribution in [-0.2, 0) is 4.79 Å². The van der Waals surface area contributed by atoms with Crippen LogP contribution in [0.2, 0.25) is 0 Å². The van der Waals surface area contributed by atoms with Gasteiger partial charge in [-0.3, -0.25) is 0 Å². The van der Waals surface area contributed by atoms with Gasteiger partial charge in [-0.2, -0.15) is 0 Å². The minimum atomic E-state index is 0.306. The van der Waals surface area contributed by atoms with Crippen LogP contribution in [0.1, 0.15) is 13.8 Å². The van der Waals surface area contributed by atoms with Gasteiger partial charge >= 0.3 is 0 Å². The van der Waals surface area contributed by atoms with Crippen LogP contribution in [0.15, 0.2) is 0 Å². The molecular formula is C4H9ClO. The second-order valence-corrected chi connectivity index (χ2v) is 1.89. The molecule has 0 amide bonds. The third-order valence-corrected chi connectivity index (χ3v) is 0. The molecule has 0 atom stereocenters. The second-order valence-electron chi connectivity index (χ2n) is 1.01. The molecule has 0 aliphatic heterocycles. The lowest BCUT2D eigenvalue weighted by molar-refractivity contribution is -0.0979. The van der Waals surface area contributed by atoms with Gasteiger partial charge in [0.1, 0.15) is 6.79 Å². The molecule has 0 fully saturated rings. The van der Waals surface area contributed by atoms with E-state index in [1.807, 2.05) is 20.6 Å². The van der Waals surface area contributed by atoms with E-state index in [4.69, 9.17) is 16.4 Å². The summed E-state index contributed by atoms with van der Waals surface area (Å²) in [6.45, 7) is 5.86. The van der Waals surface area contributed by atoms with Crippen LogP contribution in [0.5, 0.6) is 0 Å². The van der Waals surface area contributed by atoms with Gasteiger partial charge in [-0.1, -0.05) is 0 Å². The average Bonchev–Trinajstić information content (AvgIpc) is 1.41. The Morgan fingerprint density at radius 3 is 1.50 bits per heavy atom. The maximum Gasteiger partial charge on any atom is 0.106 e. The zero-order valence-electron chi connectivity index (χ0n) is 4.07. The topological polar surface area (TPSA) is 17.1 Å². The number of alkyl halides is 1. The van der Waals surface area contributed by atoms with Crippen molar-refractivity contribution >= 4 is 18.4 Å². The molecule has 0 aromatic rings. The molecule has 0 N–H and O–H groups in total. The van der Waals surface area contributed by atoms with Gasteiger partial charge < -0.3 is 4.79 Å². The van der Waals surface area contributed by atoms with Crippen LogP contribution in [0.25, 0.3) is 0 Å². The second kappa shape index (κ2) is 8.88. The van der Waals surface area contributed by atoms with Gasteiger partial charge in [-0.25, -0.2) is 0 Å². The standard InChI is InChI=1S/C3H7Cl.CH2O/c1-3(2)4;1-2/h3H,1-2H3;1H2. The van der Waals surface area contributed by atoms with Crippen molar-refractivity contribution in [1.29, 1.82) is 0 Å². The fourth-order valence-electron chi connectivity index (χ4n) is 0. The van der Waals surface area contributed by atoms with Crippen LogP contribution in [0, 0.1) is 0 Å². The highest BCUT2D eigenvalue weighted by atomic mass is 35.5.